The average molecular weight is 724 g/mol. The van der Waals surface area contributed by atoms with Crippen molar-refractivity contribution in [2.24, 2.45) is 0 Å². The van der Waals surface area contributed by atoms with Crippen molar-refractivity contribution < 1.29 is 28.9 Å². The number of aliphatic hydroxyl groups is 1. The Morgan fingerprint density at radius 3 is 2.38 bits per heavy atom. The normalized spacial score (nSPS) is 13.2. The summed E-state index contributed by atoms with van der Waals surface area (Å²) in [4.78, 5) is 16.6. The number of methoxy groups -OCH3 is 1. The number of phenols is 1. The number of benzene rings is 4. The molecule has 2 atom stereocenters. The van der Waals surface area contributed by atoms with Crippen LogP contribution in [0.5, 0.6) is 17.2 Å². The van der Waals surface area contributed by atoms with Crippen LogP contribution in [0.3, 0.4) is 0 Å². The van der Waals surface area contributed by atoms with Gasteiger partial charge in [-0.1, -0.05) is 69.3 Å². The molecule has 52 heavy (non-hydrogen) atoms. The summed E-state index contributed by atoms with van der Waals surface area (Å²) in [5, 5.41) is 27.7. The van der Waals surface area contributed by atoms with E-state index in [2.05, 4.69) is 68.5 Å². The number of aliphatic hydroxyl groups excluding tert-OH is 1. The molecule has 9 nitrogen and oxygen atoms in total. The molecule has 0 spiro atoms. The van der Waals surface area contributed by atoms with Crippen molar-refractivity contribution in [2.45, 2.75) is 84.2 Å². The van der Waals surface area contributed by atoms with Gasteiger partial charge in [-0.05, 0) is 90.6 Å². The van der Waals surface area contributed by atoms with Gasteiger partial charge in [-0.2, -0.15) is 0 Å². The minimum Gasteiger partial charge on any atom is -0.508 e. The van der Waals surface area contributed by atoms with Gasteiger partial charge in [0.05, 0.1) is 31.9 Å². The SMILES string of the molecule is COc1cccc(OCc2ccccc2)c1CNC(=O)c1cc2cc(C[C@@H](C)NC[C@@H](O[Si](C)(C)C(C)(C)C)c3ccc(O)c(CO)c3)ccc2[nH]1. The smallest absolute Gasteiger partial charge is 0.268 e. The first-order valence-electron chi connectivity index (χ1n) is 17.8. The van der Waals surface area contributed by atoms with E-state index in [0.717, 1.165) is 39.6 Å². The monoisotopic (exact) mass is 723 g/mol. The zero-order chi connectivity index (χ0) is 37.5. The second-order valence-corrected chi connectivity index (χ2v) is 19.7. The maximum Gasteiger partial charge on any atom is 0.268 e. The standard InChI is InChI=1S/C42H53N3O6Si/c1-28(43-25-40(51-52(6,7)42(2,3)4)31-17-19-37(47)33(22-31)26-46)20-30-16-18-35-32(21-30)23-36(45-35)41(48)44-24-34-38(49-5)14-11-15-39(34)50-27-29-12-9-8-10-13-29/h8-19,21-23,28,40,43,45-47H,20,24-27H2,1-7H3,(H,44,48)/t28-,40-/m1/s1. The molecule has 0 fully saturated rings. The maximum atomic E-state index is 13.4. The van der Waals surface area contributed by atoms with Crippen LogP contribution in [0.4, 0.5) is 0 Å². The lowest BCUT2D eigenvalue weighted by atomic mass is 10.0. The molecular weight excluding hydrogens is 671 g/mol. The van der Waals surface area contributed by atoms with Crippen LogP contribution in [-0.2, 0) is 30.6 Å². The second-order valence-electron chi connectivity index (χ2n) is 14.9. The Labute approximate surface area is 308 Å². The zero-order valence-electron chi connectivity index (χ0n) is 31.4. The van der Waals surface area contributed by atoms with Crippen LogP contribution in [0, 0.1) is 0 Å². The van der Waals surface area contributed by atoms with E-state index < -0.39 is 8.32 Å². The lowest BCUT2D eigenvalue weighted by molar-refractivity contribution is 0.0946. The fraction of sp³-hybridized carbons (Fsp3) is 0.357. The van der Waals surface area contributed by atoms with Gasteiger partial charge in [-0.15, -0.1) is 0 Å². The first-order chi connectivity index (χ1) is 24.8. The largest absolute Gasteiger partial charge is 0.508 e. The Kier molecular flexibility index (Phi) is 12.5. The summed E-state index contributed by atoms with van der Waals surface area (Å²) in [6.45, 7) is 14.2. The molecule has 5 N–H and O–H groups in total. The van der Waals surface area contributed by atoms with Gasteiger partial charge in [0.25, 0.3) is 5.91 Å². The minimum atomic E-state index is -2.14. The molecule has 5 aromatic rings. The van der Waals surface area contributed by atoms with Crippen LogP contribution in [0.2, 0.25) is 18.1 Å². The zero-order valence-corrected chi connectivity index (χ0v) is 32.4. The van der Waals surface area contributed by atoms with Crippen LogP contribution in [-0.4, -0.2) is 49.1 Å². The van der Waals surface area contributed by atoms with Crippen LogP contribution >= 0.6 is 0 Å². The van der Waals surface area contributed by atoms with Gasteiger partial charge in [0.2, 0.25) is 0 Å². The quantitative estimate of drug-likeness (QED) is 0.0651. The third kappa shape index (κ3) is 9.63. The highest BCUT2D eigenvalue weighted by Gasteiger charge is 2.39. The van der Waals surface area contributed by atoms with Crippen LogP contribution in [0.15, 0.2) is 91.0 Å². The van der Waals surface area contributed by atoms with Crippen molar-refractivity contribution in [3.8, 4) is 17.2 Å². The highest BCUT2D eigenvalue weighted by molar-refractivity contribution is 6.74. The van der Waals surface area contributed by atoms with Gasteiger partial charge >= 0.3 is 0 Å². The van der Waals surface area contributed by atoms with Crippen molar-refractivity contribution in [1.82, 2.24) is 15.6 Å². The summed E-state index contributed by atoms with van der Waals surface area (Å²) in [5.41, 5.74) is 5.73. The third-order valence-electron chi connectivity index (χ3n) is 9.98. The number of carbonyl (C=O) groups excluding carboxylic acids is 1. The molecule has 5 rings (SSSR count). The number of amides is 1. The Hall–Kier alpha value is -4.61. The molecule has 0 radical (unpaired) electrons. The molecule has 0 bridgehead atoms. The van der Waals surface area contributed by atoms with Crippen LogP contribution in [0.25, 0.3) is 10.9 Å². The summed E-state index contributed by atoms with van der Waals surface area (Å²) >= 11 is 0. The van der Waals surface area contributed by atoms with E-state index in [1.54, 1.807) is 13.2 Å². The highest BCUT2D eigenvalue weighted by Crippen LogP contribution is 2.40. The van der Waals surface area contributed by atoms with Crippen molar-refractivity contribution in [3.63, 3.8) is 0 Å². The summed E-state index contributed by atoms with van der Waals surface area (Å²) in [5.74, 6) is 1.15. The molecule has 0 aliphatic heterocycles. The van der Waals surface area contributed by atoms with Crippen LogP contribution in [0.1, 0.15) is 72.1 Å². The number of H-pyrrole nitrogens is 1. The van der Waals surface area contributed by atoms with Crippen LogP contribution < -0.4 is 20.1 Å². The number of aromatic nitrogens is 1. The summed E-state index contributed by atoms with van der Waals surface area (Å²) in [6, 6.07) is 29.1. The van der Waals surface area contributed by atoms with E-state index in [0.29, 0.717) is 35.9 Å². The lowest BCUT2D eigenvalue weighted by Gasteiger charge is -2.40. The number of aromatic hydroxyl groups is 1. The average Bonchev–Trinajstić information content (AvgIpc) is 3.55. The van der Waals surface area contributed by atoms with Gasteiger partial charge in [-0.3, -0.25) is 4.79 Å². The Bertz CT molecular complexity index is 1950. The van der Waals surface area contributed by atoms with Crippen molar-refractivity contribution in [2.75, 3.05) is 13.7 Å². The van der Waals surface area contributed by atoms with E-state index in [4.69, 9.17) is 13.9 Å². The van der Waals surface area contributed by atoms with E-state index in [9.17, 15) is 15.0 Å². The second kappa shape index (κ2) is 16.8. The number of hydrogen-bond acceptors (Lipinski definition) is 7. The first kappa shape index (κ1) is 38.6. The molecule has 1 aromatic heterocycles. The molecule has 1 heterocycles. The number of aromatic amines is 1. The van der Waals surface area contributed by atoms with Crippen molar-refractivity contribution >= 4 is 25.1 Å². The lowest BCUT2D eigenvalue weighted by Crippen LogP contribution is -2.44. The molecule has 276 valence electrons. The number of fused-ring (bicyclic) bond motifs is 1. The maximum absolute atomic E-state index is 13.4. The Morgan fingerprint density at radius 1 is 0.923 bits per heavy atom. The fourth-order valence-corrected chi connectivity index (χ4v) is 7.19. The van der Waals surface area contributed by atoms with Gasteiger partial charge < -0.3 is 39.7 Å². The Morgan fingerprint density at radius 2 is 1.67 bits per heavy atom. The molecule has 0 aliphatic rings. The highest BCUT2D eigenvalue weighted by atomic mass is 28.4. The predicted molar refractivity (Wildman–Crippen MR) is 209 cm³/mol. The summed E-state index contributed by atoms with van der Waals surface area (Å²) < 4.78 is 18.6. The number of nitrogens with one attached hydrogen (secondary N) is 3. The fourth-order valence-electron chi connectivity index (χ4n) is 5.90. The van der Waals surface area contributed by atoms with Crippen molar-refractivity contribution in [1.29, 1.82) is 0 Å². The number of ether oxygens (including phenoxy) is 2. The van der Waals surface area contributed by atoms with E-state index >= 15 is 0 Å². The molecule has 0 unspecified atom stereocenters. The molecule has 1 amide bonds. The van der Waals surface area contributed by atoms with Gasteiger partial charge in [-0.25, -0.2) is 0 Å². The third-order valence-corrected chi connectivity index (χ3v) is 14.5. The van der Waals surface area contributed by atoms with Gasteiger partial charge in [0, 0.05) is 29.1 Å². The number of carbonyl (C=O) groups is 1. The summed E-state index contributed by atoms with van der Waals surface area (Å²) in [6.07, 6.45) is 0.525. The minimum absolute atomic E-state index is 0.0175. The molecular formula is C42H53N3O6Si. The van der Waals surface area contributed by atoms with Gasteiger partial charge in [0.1, 0.15) is 29.5 Å². The topological polar surface area (TPSA) is 125 Å². The van der Waals surface area contributed by atoms with E-state index in [1.807, 2.05) is 72.8 Å². The Balaban J connectivity index is 1.23. The summed E-state index contributed by atoms with van der Waals surface area (Å²) in [7, 11) is -0.530. The molecule has 0 saturated carbocycles. The first-order valence-corrected chi connectivity index (χ1v) is 20.7. The predicted octanol–water partition coefficient (Wildman–Crippen LogP) is 8.17. The molecule has 0 aliphatic carbocycles. The number of hydrogen-bond donors (Lipinski definition) is 5. The van der Waals surface area contributed by atoms with E-state index in [1.165, 1.54) is 0 Å². The molecule has 10 heteroatoms. The van der Waals surface area contributed by atoms with Crippen molar-refractivity contribution in [3.05, 3.63) is 125 Å². The number of rotatable bonds is 16. The molecule has 0 saturated heterocycles. The molecule has 4 aromatic carbocycles. The van der Waals surface area contributed by atoms with Gasteiger partial charge in [0.15, 0.2) is 8.32 Å². The van der Waals surface area contributed by atoms with E-state index in [-0.39, 0.29) is 42.0 Å².